The number of aryl methyl sites for hydroxylation is 1. The number of carbonyl (C=O) groups excluding carboxylic acids is 1. The van der Waals surface area contributed by atoms with E-state index in [4.69, 9.17) is 9.72 Å². The Kier molecular flexibility index (Phi) is 4.80. The molecule has 4 rings (SSSR count). The van der Waals surface area contributed by atoms with Crippen LogP contribution in [0.5, 0.6) is 5.75 Å². The van der Waals surface area contributed by atoms with Gasteiger partial charge in [-0.2, -0.15) is 5.10 Å². The van der Waals surface area contributed by atoms with Crippen LogP contribution >= 0.6 is 0 Å². The van der Waals surface area contributed by atoms with Gasteiger partial charge in [-0.15, -0.1) is 0 Å². The fraction of sp³-hybridized carbons (Fsp3) is 0.190. The van der Waals surface area contributed by atoms with E-state index in [2.05, 4.69) is 21.9 Å². The van der Waals surface area contributed by atoms with Crippen LogP contribution in [0.1, 0.15) is 23.1 Å². The molecule has 2 aromatic heterocycles. The summed E-state index contributed by atoms with van der Waals surface area (Å²) in [6.45, 7) is 3.49. The minimum Gasteiger partial charge on any atom is -0.496 e. The molecule has 7 heteroatoms. The van der Waals surface area contributed by atoms with Gasteiger partial charge in [0.2, 0.25) is 0 Å². The Bertz CT molecular complexity index is 1120. The molecule has 142 valence electrons. The maximum atomic E-state index is 12.6. The second-order valence-electron chi connectivity index (χ2n) is 6.33. The Balaban J connectivity index is 1.63. The van der Waals surface area contributed by atoms with E-state index in [-0.39, 0.29) is 5.91 Å². The summed E-state index contributed by atoms with van der Waals surface area (Å²) < 4.78 is 9.27. The number of carbonyl (C=O) groups is 1. The number of aromatic nitrogens is 4. The van der Waals surface area contributed by atoms with Crippen molar-refractivity contribution in [3.63, 3.8) is 0 Å². The fourth-order valence-corrected chi connectivity index (χ4v) is 3.30. The molecule has 0 saturated heterocycles. The van der Waals surface area contributed by atoms with Gasteiger partial charge in [0, 0.05) is 24.6 Å². The van der Waals surface area contributed by atoms with E-state index in [0.29, 0.717) is 23.5 Å². The maximum Gasteiger partial charge on any atom is 0.259 e. The summed E-state index contributed by atoms with van der Waals surface area (Å²) in [4.78, 5) is 17.4. The average molecular weight is 375 g/mol. The van der Waals surface area contributed by atoms with Crippen LogP contribution in [-0.2, 0) is 13.1 Å². The zero-order chi connectivity index (χ0) is 19.5. The highest BCUT2D eigenvalue weighted by Crippen LogP contribution is 2.23. The first-order valence-electron chi connectivity index (χ1n) is 9.10. The summed E-state index contributed by atoms with van der Waals surface area (Å²) in [6, 6.07) is 14.8. The Morgan fingerprint density at radius 1 is 1.18 bits per heavy atom. The number of amides is 1. The summed E-state index contributed by atoms with van der Waals surface area (Å²) in [6.07, 6.45) is 3.67. The van der Waals surface area contributed by atoms with Gasteiger partial charge in [-0.05, 0) is 43.3 Å². The Morgan fingerprint density at radius 3 is 2.79 bits per heavy atom. The molecule has 0 bridgehead atoms. The van der Waals surface area contributed by atoms with Crippen molar-refractivity contribution in [3.05, 3.63) is 72.3 Å². The highest BCUT2D eigenvalue weighted by molar-refractivity contribution is 6.06. The van der Waals surface area contributed by atoms with Crippen LogP contribution in [-0.4, -0.2) is 32.3 Å². The van der Waals surface area contributed by atoms with Crippen LogP contribution in [0.3, 0.4) is 0 Å². The lowest BCUT2D eigenvalue weighted by molar-refractivity contribution is 0.102. The minimum atomic E-state index is -0.219. The van der Waals surface area contributed by atoms with Crippen molar-refractivity contribution >= 4 is 22.6 Å². The predicted octanol–water partition coefficient (Wildman–Crippen LogP) is 3.56. The number of nitrogens with zero attached hydrogens (tertiary/aromatic N) is 4. The van der Waals surface area contributed by atoms with Crippen molar-refractivity contribution in [2.45, 2.75) is 20.0 Å². The van der Waals surface area contributed by atoms with Crippen LogP contribution in [0.2, 0.25) is 0 Å². The number of hydrogen-bond acceptors (Lipinski definition) is 4. The van der Waals surface area contributed by atoms with Gasteiger partial charge >= 0.3 is 0 Å². The summed E-state index contributed by atoms with van der Waals surface area (Å²) in [5.74, 6) is 1.25. The predicted molar refractivity (Wildman–Crippen MR) is 108 cm³/mol. The zero-order valence-corrected chi connectivity index (χ0v) is 15.8. The van der Waals surface area contributed by atoms with Gasteiger partial charge in [-0.25, -0.2) is 4.98 Å². The number of ether oxygens (including phenoxy) is 1. The van der Waals surface area contributed by atoms with E-state index in [1.54, 1.807) is 25.4 Å². The number of fused-ring (bicyclic) bond motifs is 1. The van der Waals surface area contributed by atoms with Crippen LogP contribution in [0, 0.1) is 0 Å². The van der Waals surface area contributed by atoms with E-state index in [1.807, 2.05) is 47.3 Å². The molecule has 0 atom stereocenters. The molecular weight excluding hydrogens is 354 g/mol. The Morgan fingerprint density at radius 2 is 2.04 bits per heavy atom. The van der Waals surface area contributed by atoms with Gasteiger partial charge < -0.3 is 14.6 Å². The van der Waals surface area contributed by atoms with E-state index >= 15 is 0 Å². The summed E-state index contributed by atoms with van der Waals surface area (Å²) in [5.41, 5.74) is 3.04. The minimum absolute atomic E-state index is 0.219. The van der Waals surface area contributed by atoms with Gasteiger partial charge in [-0.1, -0.05) is 12.1 Å². The number of imidazole rings is 1. The van der Waals surface area contributed by atoms with Crippen LogP contribution in [0.25, 0.3) is 11.0 Å². The summed E-state index contributed by atoms with van der Waals surface area (Å²) in [5, 5.41) is 7.19. The molecule has 0 saturated carbocycles. The lowest BCUT2D eigenvalue weighted by Crippen LogP contribution is -2.13. The normalized spacial score (nSPS) is 10.9. The first-order chi connectivity index (χ1) is 13.7. The van der Waals surface area contributed by atoms with Gasteiger partial charge in [0.1, 0.15) is 11.6 Å². The van der Waals surface area contributed by atoms with Crippen molar-refractivity contribution < 1.29 is 9.53 Å². The molecule has 28 heavy (non-hydrogen) atoms. The smallest absolute Gasteiger partial charge is 0.259 e. The van der Waals surface area contributed by atoms with Crippen molar-refractivity contribution in [2.75, 3.05) is 12.4 Å². The van der Waals surface area contributed by atoms with E-state index in [9.17, 15) is 4.79 Å². The third-order valence-corrected chi connectivity index (χ3v) is 4.62. The number of rotatable bonds is 6. The third-order valence-electron chi connectivity index (χ3n) is 4.62. The van der Waals surface area contributed by atoms with Gasteiger partial charge in [0.15, 0.2) is 0 Å². The van der Waals surface area contributed by atoms with Crippen LogP contribution in [0.15, 0.2) is 60.9 Å². The van der Waals surface area contributed by atoms with Crippen molar-refractivity contribution in [3.8, 4) is 5.75 Å². The van der Waals surface area contributed by atoms with Crippen molar-refractivity contribution in [1.29, 1.82) is 0 Å². The number of anilines is 1. The molecule has 0 spiro atoms. The number of methoxy groups -OCH3 is 1. The van der Waals surface area contributed by atoms with Crippen LogP contribution in [0.4, 0.5) is 5.69 Å². The van der Waals surface area contributed by atoms with Crippen LogP contribution < -0.4 is 10.1 Å². The quantitative estimate of drug-likeness (QED) is 0.559. The van der Waals surface area contributed by atoms with Gasteiger partial charge in [0.05, 0.1) is 30.3 Å². The summed E-state index contributed by atoms with van der Waals surface area (Å²) in [7, 11) is 1.55. The van der Waals surface area contributed by atoms with Gasteiger partial charge in [-0.3, -0.25) is 9.48 Å². The lowest BCUT2D eigenvalue weighted by atomic mass is 10.2. The second kappa shape index (κ2) is 7.56. The van der Waals surface area contributed by atoms with E-state index in [1.165, 1.54) is 0 Å². The van der Waals surface area contributed by atoms with E-state index < -0.39 is 0 Å². The molecule has 0 aliphatic rings. The van der Waals surface area contributed by atoms with Crippen molar-refractivity contribution in [2.24, 2.45) is 0 Å². The molecule has 0 fully saturated rings. The molecule has 0 aliphatic heterocycles. The molecule has 0 unspecified atom stereocenters. The Hall–Kier alpha value is -3.61. The maximum absolute atomic E-state index is 12.6. The van der Waals surface area contributed by atoms with Crippen molar-refractivity contribution in [1.82, 2.24) is 19.3 Å². The first kappa shape index (κ1) is 17.8. The number of para-hydroxylation sites is 1. The number of benzene rings is 2. The topological polar surface area (TPSA) is 74.0 Å². The molecule has 4 aromatic rings. The highest BCUT2D eigenvalue weighted by Gasteiger charge is 2.14. The summed E-state index contributed by atoms with van der Waals surface area (Å²) >= 11 is 0. The highest BCUT2D eigenvalue weighted by atomic mass is 16.5. The number of nitrogens with one attached hydrogen (secondary N) is 1. The standard InChI is InChI=1S/C21H21N5O2/c1-3-26-18-10-9-15(23-21(27)16-7-4-5-8-19(16)28-2)13-17(18)24-20(26)14-25-12-6-11-22-25/h4-13H,3,14H2,1-2H3,(H,23,27). The molecule has 0 radical (unpaired) electrons. The number of hydrogen-bond donors (Lipinski definition) is 1. The second-order valence-corrected chi connectivity index (χ2v) is 6.33. The lowest BCUT2D eigenvalue weighted by Gasteiger charge is -2.09. The molecular formula is C21H21N5O2. The fourth-order valence-electron chi connectivity index (χ4n) is 3.30. The SMILES string of the molecule is CCn1c(Cn2cccn2)nc2cc(NC(=O)c3ccccc3OC)ccc21. The third kappa shape index (κ3) is 3.34. The molecule has 1 amide bonds. The molecule has 7 nitrogen and oxygen atoms in total. The zero-order valence-electron chi connectivity index (χ0n) is 15.8. The molecule has 2 heterocycles. The molecule has 0 aliphatic carbocycles. The first-order valence-corrected chi connectivity index (χ1v) is 9.10. The Labute approximate surface area is 162 Å². The largest absolute Gasteiger partial charge is 0.496 e. The molecule has 2 aromatic carbocycles. The monoisotopic (exact) mass is 375 g/mol. The molecule has 1 N–H and O–H groups in total. The van der Waals surface area contributed by atoms with E-state index in [0.717, 1.165) is 23.4 Å². The van der Waals surface area contributed by atoms with Gasteiger partial charge in [0.25, 0.3) is 5.91 Å². The average Bonchev–Trinajstić information content (AvgIpc) is 3.34.